The first-order valence-electron chi connectivity index (χ1n) is 4.37. The summed E-state index contributed by atoms with van der Waals surface area (Å²) in [6.45, 7) is 1.93. The Hall–Kier alpha value is -1.75. The minimum absolute atomic E-state index is 0.0373. The van der Waals surface area contributed by atoms with Gasteiger partial charge in [0.25, 0.3) is 0 Å². The van der Waals surface area contributed by atoms with Crippen LogP contribution in [0.25, 0.3) is 11.4 Å². The van der Waals surface area contributed by atoms with Crippen molar-refractivity contribution in [2.75, 3.05) is 0 Å². The Kier molecular flexibility index (Phi) is 2.24. The molecule has 0 fully saturated rings. The minimum atomic E-state index is -0.0373. The average Bonchev–Trinajstić information content (AvgIpc) is 2.70. The van der Waals surface area contributed by atoms with Crippen LogP contribution in [0, 0.1) is 0 Å². The van der Waals surface area contributed by atoms with E-state index in [2.05, 4.69) is 20.6 Å². The fourth-order valence-corrected chi connectivity index (χ4v) is 1.37. The first-order valence-corrected chi connectivity index (χ1v) is 4.37. The fraction of sp³-hybridized carbons (Fsp3) is 0.222. The molecule has 0 radical (unpaired) electrons. The van der Waals surface area contributed by atoms with E-state index >= 15 is 0 Å². The molecule has 5 nitrogen and oxygen atoms in total. The molecule has 0 bridgehead atoms. The lowest BCUT2D eigenvalue weighted by atomic mass is 10.0. The maximum atomic E-state index is 5.83. The quantitative estimate of drug-likeness (QED) is 0.735. The van der Waals surface area contributed by atoms with Crippen LogP contribution in [-0.4, -0.2) is 20.6 Å². The minimum Gasteiger partial charge on any atom is -0.324 e. The van der Waals surface area contributed by atoms with E-state index in [-0.39, 0.29) is 6.04 Å². The van der Waals surface area contributed by atoms with E-state index in [9.17, 15) is 0 Å². The van der Waals surface area contributed by atoms with Crippen molar-refractivity contribution < 1.29 is 0 Å². The summed E-state index contributed by atoms with van der Waals surface area (Å²) < 4.78 is 0. The summed E-state index contributed by atoms with van der Waals surface area (Å²) in [5, 5.41) is 13.8. The number of nitrogens with two attached hydrogens (primary N) is 1. The van der Waals surface area contributed by atoms with Crippen molar-refractivity contribution in [3.8, 4) is 11.4 Å². The highest BCUT2D eigenvalue weighted by molar-refractivity contribution is 5.59. The standard InChI is InChI=1S/C9H11N5/c1-6(10)7-4-2-3-5-8(7)9-11-13-14-12-9/h2-6H,10H2,1H3,(H,11,12,13,14). The Morgan fingerprint density at radius 1 is 1.36 bits per heavy atom. The van der Waals surface area contributed by atoms with Gasteiger partial charge in [0.2, 0.25) is 5.82 Å². The molecular formula is C9H11N5. The summed E-state index contributed by atoms with van der Waals surface area (Å²) in [4.78, 5) is 0. The van der Waals surface area contributed by atoms with Gasteiger partial charge < -0.3 is 5.73 Å². The van der Waals surface area contributed by atoms with Gasteiger partial charge in [-0.05, 0) is 17.7 Å². The molecule has 1 heterocycles. The van der Waals surface area contributed by atoms with Crippen molar-refractivity contribution in [1.29, 1.82) is 0 Å². The first-order chi connectivity index (χ1) is 6.79. The molecule has 72 valence electrons. The van der Waals surface area contributed by atoms with Crippen molar-refractivity contribution in [3.63, 3.8) is 0 Å². The van der Waals surface area contributed by atoms with E-state index in [1.165, 1.54) is 0 Å². The molecule has 0 aliphatic rings. The van der Waals surface area contributed by atoms with Gasteiger partial charge >= 0.3 is 0 Å². The molecule has 0 saturated heterocycles. The van der Waals surface area contributed by atoms with E-state index in [0.29, 0.717) is 5.82 Å². The van der Waals surface area contributed by atoms with E-state index in [1.807, 2.05) is 31.2 Å². The van der Waals surface area contributed by atoms with Crippen LogP contribution in [0.5, 0.6) is 0 Å². The predicted molar refractivity (Wildman–Crippen MR) is 52.2 cm³/mol. The van der Waals surface area contributed by atoms with E-state index in [0.717, 1.165) is 11.1 Å². The Bertz CT molecular complexity index is 407. The number of nitrogens with zero attached hydrogens (tertiary/aromatic N) is 3. The van der Waals surface area contributed by atoms with E-state index in [1.54, 1.807) is 0 Å². The number of tetrazole rings is 1. The Morgan fingerprint density at radius 2 is 2.14 bits per heavy atom. The molecule has 2 aromatic rings. The van der Waals surface area contributed by atoms with Crippen LogP contribution < -0.4 is 5.73 Å². The van der Waals surface area contributed by atoms with Crippen LogP contribution in [-0.2, 0) is 0 Å². The second-order valence-electron chi connectivity index (χ2n) is 3.11. The third-order valence-corrected chi connectivity index (χ3v) is 2.04. The van der Waals surface area contributed by atoms with Crippen molar-refractivity contribution in [3.05, 3.63) is 29.8 Å². The number of benzene rings is 1. The zero-order valence-electron chi connectivity index (χ0n) is 7.81. The Morgan fingerprint density at radius 3 is 2.79 bits per heavy atom. The third kappa shape index (κ3) is 1.49. The van der Waals surface area contributed by atoms with Crippen molar-refractivity contribution >= 4 is 0 Å². The summed E-state index contributed by atoms with van der Waals surface area (Å²) in [6.07, 6.45) is 0. The molecule has 14 heavy (non-hydrogen) atoms. The molecule has 0 spiro atoms. The normalized spacial score (nSPS) is 12.7. The second kappa shape index (κ2) is 3.55. The zero-order valence-corrected chi connectivity index (χ0v) is 7.81. The zero-order chi connectivity index (χ0) is 9.97. The smallest absolute Gasteiger partial charge is 0.204 e. The number of nitrogens with one attached hydrogen (secondary N) is 1. The molecule has 1 aromatic carbocycles. The number of H-pyrrole nitrogens is 1. The lowest BCUT2D eigenvalue weighted by Gasteiger charge is -2.08. The van der Waals surface area contributed by atoms with Crippen LogP contribution in [0.15, 0.2) is 24.3 Å². The number of hydrogen-bond acceptors (Lipinski definition) is 4. The van der Waals surface area contributed by atoms with Gasteiger partial charge in [-0.1, -0.05) is 24.3 Å². The van der Waals surface area contributed by atoms with Crippen LogP contribution in [0.3, 0.4) is 0 Å². The van der Waals surface area contributed by atoms with Crippen molar-refractivity contribution in [2.24, 2.45) is 5.73 Å². The monoisotopic (exact) mass is 189 g/mol. The van der Waals surface area contributed by atoms with Crippen molar-refractivity contribution in [1.82, 2.24) is 20.6 Å². The highest BCUT2D eigenvalue weighted by atomic mass is 15.5. The van der Waals surface area contributed by atoms with Gasteiger partial charge in [0.1, 0.15) is 0 Å². The van der Waals surface area contributed by atoms with Gasteiger partial charge in [-0.2, -0.15) is 5.21 Å². The molecule has 0 amide bonds. The lowest BCUT2D eigenvalue weighted by Crippen LogP contribution is -2.06. The first kappa shape index (κ1) is 8.83. The highest BCUT2D eigenvalue weighted by Gasteiger charge is 2.10. The van der Waals surface area contributed by atoms with Crippen LogP contribution in [0.1, 0.15) is 18.5 Å². The summed E-state index contributed by atoms with van der Waals surface area (Å²) in [5.41, 5.74) is 7.78. The largest absolute Gasteiger partial charge is 0.324 e. The topological polar surface area (TPSA) is 80.5 Å². The SMILES string of the molecule is CC(N)c1ccccc1-c1nn[nH]n1. The second-order valence-corrected chi connectivity index (χ2v) is 3.11. The lowest BCUT2D eigenvalue weighted by molar-refractivity contribution is 0.818. The van der Waals surface area contributed by atoms with E-state index in [4.69, 9.17) is 5.73 Å². The molecule has 5 heteroatoms. The number of hydrogen-bond donors (Lipinski definition) is 2. The van der Waals surface area contributed by atoms with Crippen LogP contribution >= 0.6 is 0 Å². The fourth-order valence-electron chi connectivity index (χ4n) is 1.37. The van der Waals surface area contributed by atoms with Gasteiger partial charge in [0.15, 0.2) is 0 Å². The molecular weight excluding hydrogens is 178 g/mol. The maximum Gasteiger partial charge on any atom is 0.204 e. The highest BCUT2D eigenvalue weighted by Crippen LogP contribution is 2.23. The van der Waals surface area contributed by atoms with Gasteiger partial charge in [-0.3, -0.25) is 0 Å². The maximum absolute atomic E-state index is 5.83. The summed E-state index contributed by atoms with van der Waals surface area (Å²) in [6, 6.07) is 7.74. The predicted octanol–water partition coefficient (Wildman–Crippen LogP) is 0.886. The van der Waals surface area contributed by atoms with Gasteiger partial charge in [0.05, 0.1) is 0 Å². The molecule has 1 unspecified atom stereocenters. The summed E-state index contributed by atoms with van der Waals surface area (Å²) in [5.74, 6) is 0.581. The van der Waals surface area contributed by atoms with Gasteiger partial charge in [0, 0.05) is 11.6 Å². The molecule has 2 rings (SSSR count). The summed E-state index contributed by atoms with van der Waals surface area (Å²) >= 11 is 0. The Labute approximate surface area is 81.3 Å². The summed E-state index contributed by atoms with van der Waals surface area (Å²) in [7, 11) is 0. The molecule has 3 N–H and O–H groups in total. The Balaban J connectivity index is 2.53. The molecule has 0 aliphatic heterocycles. The third-order valence-electron chi connectivity index (χ3n) is 2.04. The number of aromatic amines is 1. The van der Waals surface area contributed by atoms with Crippen molar-refractivity contribution in [2.45, 2.75) is 13.0 Å². The van der Waals surface area contributed by atoms with E-state index < -0.39 is 0 Å². The molecule has 1 aromatic heterocycles. The number of rotatable bonds is 2. The van der Waals surface area contributed by atoms with Gasteiger partial charge in [-0.25, -0.2) is 0 Å². The molecule has 1 atom stereocenters. The molecule has 0 aliphatic carbocycles. The van der Waals surface area contributed by atoms with Crippen LogP contribution in [0.2, 0.25) is 0 Å². The van der Waals surface area contributed by atoms with Crippen LogP contribution in [0.4, 0.5) is 0 Å². The van der Waals surface area contributed by atoms with Gasteiger partial charge in [-0.15, -0.1) is 10.2 Å². The number of aromatic nitrogens is 4. The molecule has 0 saturated carbocycles. The average molecular weight is 189 g/mol.